The number of halogens is 3. The molecule has 0 aromatic heterocycles. The highest BCUT2D eigenvalue weighted by molar-refractivity contribution is 5.57. The molecule has 0 amide bonds. The van der Waals surface area contributed by atoms with Gasteiger partial charge in [-0.25, -0.2) is 0 Å². The maximum atomic E-state index is 12.7. The summed E-state index contributed by atoms with van der Waals surface area (Å²) in [6.45, 7) is 4.29. The molecule has 0 saturated heterocycles. The summed E-state index contributed by atoms with van der Waals surface area (Å²) in [5, 5.41) is 4.82. The van der Waals surface area contributed by atoms with Crippen LogP contribution in [0.2, 0.25) is 0 Å². The Morgan fingerprint density at radius 2 is 2.00 bits per heavy atom. The molecule has 1 heterocycles. The molecule has 0 fully saturated rings. The van der Waals surface area contributed by atoms with Crippen molar-refractivity contribution >= 4 is 6.34 Å². The zero-order valence-electron chi connectivity index (χ0n) is 8.96. The average molecular weight is 223 g/mol. The van der Waals surface area contributed by atoms with E-state index < -0.39 is 12.3 Å². The van der Waals surface area contributed by atoms with E-state index in [9.17, 15) is 13.2 Å². The van der Waals surface area contributed by atoms with E-state index in [0.717, 1.165) is 17.9 Å². The van der Waals surface area contributed by atoms with Gasteiger partial charge in [-0.2, -0.15) is 18.3 Å². The topological polar surface area (TPSA) is 18.8 Å². The molecule has 0 spiro atoms. The van der Waals surface area contributed by atoms with Crippen molar-refractivity contribution in [3.63, 3.8) is 0 Å². The minimum Gasteiger partial charge on any atom is -0.332 e. The first-order valence-electron chi connectivity index (χ1n) is 5.14. The van der Waals surface area contributed by atoms with Gasteiger partial charge in [0.15, 0.2) is 0 Å². The molecule has 1 rings (SSSR count). The van der Waals surface area contributed by atoms with Gasteiger partial charge >= 0.3 is 6.18 Å². The Bertz CT molecular complexity index is 227. The Labute approximate surface area is 87.5 Å². The maximum Gasteiger partial charge on any atom is 0.429 e. The summed E-state index contributed by atoms with van der Waals surface area (Å²) in [5.41, 5.74) is 0. The average Bonchev–Trinajstić information content (AvgIpc) is 2.56. The molecule has 15 heavy (non-hydrogen) atoms. The van der Waals surface area contributed by atoms with Crippen molar-refractivity contribution in [3.8, 4) is 0 Å². The van der Waals surface area contributed by atoms with Gasteiger partial charge < -0.3 is 4.90 Å². The second kappa shape index (κ2) is 4.72. The lowest BCUT2D eigenvalue weighted by Crippen LogP contribution is -2.50. The second-order valence-electron chi connectivity index (χ2n) is 3.49. The van der Waals surface area contributed by atoms with E-state index in [1.54, 1.807) is 6.92 Å². The summed E-state index contributed by atoms with van der Waals surface area (Å²) in [6.07, 6.45) is -2.91. The molecule has 1 atom stereocenters. The zero-order valence-corrected chi connectivity index (χ0v) is 8.96. The third-order valence-electron chi connectivity index (χ3n) is 2.33. The van der Waals surface area contributed by atoms with Gasteiger partial charge in [-0.05, 0) is 13.3 Å². The fraction of sp³-hybridized carbons (Fsp3) is 0.889. The number of hydrogen-bond donors (Lipinski definition) is 0. The number of alkyl halides is 3. The summed E-state index contributed by atoms with van der Waals surface area (Å²) in [7, 11) is 0. The summed E-state index contributed by atoms with van der Waals surface area (Å²) >= 11 is 0. The normalized spacial score (nSPS) is 21.5. The molecule has 88 valence electrons. The van der Waals surface area contributed by atoms with Crippen LogP contribution in [0.25, 0.3) is 0 Å². The minimum absolute atomic E-state index is 0.267. The minimum atomic E-state index is -4.25. The molecule has 1 aliphatic heterocycles. The Balaban J connectivity index is 2.67. The van der Waals surface area contributed by atoms with Crippen molar-refractivity contribution < 1.29 is 13.2 Å². The summed E-state index contributed by atoms with van der Waals surface area (Å²) in [6, 6.07) is 0. The first kappa shape index (κ1) is 12.1. The van der Waals surface area contributed by atoms with E-state index in [2.05, 4.69) is 5.10 Å². The number of hydrogen-bond acceptors (Lipinski definition) is 3. The fourth-order valence-corrected chi connectivity index (χ4v) is 1.56. The van der Waals surface area contributed by atoms with E-state index in [1.165, 1.54) is 11.2 Å². The van der Waals surface area contributed by atoms with Crippen molar-refractivity contribution in [3.05, 3.63) is 0 Å². The number of nitrogens with zero attached hydrogens (tertiary/aromatic N) is 3. The Kier molecular flexibility index (Phi) is 3.82. The number of hydrazone groups is 1. The van der Waals surface area contributed by atoms with E-state index in [-0.39, 0.29) is 6.54 Å². The van der Waals surface area contributed by atoms with Gasteiger partial charge in [-0.15, -0.1) is 0 Å². The molecule has 1 aliphatic rings. The third-order valence-corrected chi connectivity index (χ3v) is 2.33. The van der Waals surface area contributed by atoms with Crippen molar-refractivity contribution in [2.24, 2.45) is 5.10 Å². The van der Waals surface area contributed by atoms with Crippen LogP contribution in [-0.4, -0.2) is 41.7 Å². The first-order chi connectivity index (χ1) is 7.00. The van der Waals surface area contributed by atoms with Crippen LogP contribution in [-0.2, 0) is 0 Å². The van der Waals surface area contributed by atoms with Crippen LogP contribution in [0.1, 0.15) is 26.7 Å². The molecular weight excluding hydrogens is 207 g/mol. The molecular formula is C9H16F3N3. The maximum absolute atomic E-state index is 12.7. The standard InChI is InChI=1S/C9H16F3N3/c1-3-5-6-14-7-13-15(4-2)8(14)9(10,11)12/h7-8H,3-6H2,1-2H3. The summed E-state index contributed by atoms with van der Waals surface area (Å²) in [4.78, 5) is 1.26. The second-order valence-corrected chi connectivity index (χ2v) is 3.49. The third kappa shape index (κ3) is 2.76. The molecule has 0 aromatic rings. The van der Waals surface area contributed by atoms with Crippen molar-refractivity contribution in [1.82, 2.24) is 9.91 Å². The highest BCUT2D eigenvalue weighted by Gasteiger charge is 2.48. The molecule has 1 unspecified atom stereocenters. The lowest BCUT2D eigenvalue weighted by molar-refractivity contribution is -0.206. The predicted octanol–water partition coefficient (Wildman–Crippen LogP) is 2.26. The van der Waals surface area contributed by atoms with E-state index in [0.29, 0.717) is 6.54 Å². The van der Waals surface area contributed by atoms with Crippen molar-refractivity contribution in [1.29, 1.82) is 0 Å². The van der Waals surface area contributed by atoms with E-state index >= 15 is 0 Å². The number of unbranched alkanes of at least 4 members (excludes halogenated alkanes) is 1. The van der Waals surface area contributed by atoms with Crippen molar-refractivity contribution in [2.45, 2.75) is 39.0 Å². The van der Waals surface area contributed by atoms with Crippen molar-refractivity contribution in [2.75, 3.05) is 13.1 Å². The Morgan fingerprint density at radius 1 is 1.33 bits per heavy atom. The SMILES string of the molecule is CCCCN1C=NN(CC)C1C(F)(F)F. The lowest BCUT2D eigenvalue weighted by Gasteiger charge is -2.31. The fourth-order valence-electron chi connectivity index (χ4n) is 1.56. The molecule has 0 saturated carbocycles. The molecule has 0 bridgehead atoms. The quantitative estimate of drug-likeness (QED) is 0.728. The van der Waals surface area contributed by atoms with Crippen LogP contribution < -0.4 is 0 Å². The zero-order chi connectivity index (χ0) is 11.5. The van der Waals surface area contributed by atoms with Crippen LogP contribution in [0.3, 0.4) is 0 Å². The van der Waals surface area contributed by atoms with Crippen LogP contribution in [0, 0.1) is 0 Å². The highest BCUT2D eigenvalue weighted by atomic mass is 19.4. The smallest absolute Gasteiger partial charge is 0.332 e. The lowest BCUT2D eigenvalue weighted by atomic mass is 10.3. The van der Waals surface area contributed by atoms with Gasteiger partial charge in [0.1, 0.15) is 6.34 Å². The van der Waals surface area contributed by atoms with Gasteiger partial charge in [-0.1, -0.05) is 13.3 Å². The van der Waals surface area contributed by atoms with Crippen LogP contribution in [0.4, 0.5) is 13.2 Å². The van der Waals surface area contributed by atoms with E-state index in [4.69, 9.17) is 0 Å². The van der Waals surface area contributed by atoms with Crippen LogP contribution in [0.5, 0.6) is 0 Å². The van der Waals surface area contributed by atoms with Crippen LogP contribution >= 0.6 is 0 Å². The molecule has 0 radical (unpaired) electrons. The molecule has 6 heteroatoms. The summed E-state index contributed by atoms with van der Waals surface area (Å²) in [5.74, 6) is 0. The first-order valence-corrected chi connectivity index (χ1v) is 5.14. The molecule has 0 aromatic carbocycles. The molecule has 0 aliphatic carbocycles. The summed E-state index contributed by atoms with van der Waals surface area (Å²) < 4.78 is 38.1. The van der Waals surface area contributed by atoms with Gasteiger partial charge in [0.05, 0.1) is 0 Å². The molecule has 3 nitrogen and oxygen atoms in total. The largest absolute Gasteiger partial charge is 0.429 e. The predicted molar refractivity (Wildman–Crippen MR) is 52.3 cm³/mol. The number of rotatable bonds is 4. The Hall–Kier alpha value is -0.940. The van der Waals surface area contributed by atoms with E-state index in [1.807, 2.05) is 6.92 Å². The van der Waals surface area contributed by atoms with Gasteiger partial charge in [0.2, 0.25) is 6.17 Å². The Morgan fingerprint density at radius 3 is 2.47 bits per heavy atom. The van der Waals surface area contributed by atoms with Crippen LogP contribution in [0.15, 0.2) is 5.10 Å². The van der Waals surface area contributed by atoms with Gasteiger partial charge in [0.25, 0.3) is 0 Å². The molecule has 0 N–H and O–H groups in total. The van der Waals surface area contributed by atoms with Gasteiger partial charge in [0, 0.05) is 13.1 Å². The highest BCUT2D eigenvalue weighted by Crippen LogP contribution is 2.30. The van der Waals surface area contributed by atoms with Gasteiger partial charge in [-0.3, -0.25) is 5.01 Å². The monoisotopic (exact) mass is 223 g/mol.